The van der Waals surface area contributed by atoms with E-state index >= 15 is 0 Å². The molecule has 3 fully saturated rings. The van der Waals surface area contributed by atoms with E-state index in [1.165, 1.54) is 0 Å². The van der Waals surface area contributed by atoms with Crippen LogP contribution in [-0.4, -0.2) is 45.2 Å². The van der Waals surface area contributed by atoms with Crippen molar-refractivity contribution in [3.63, 3.8) is 0 Å². The van der Waals surface area contributed by atoms with Gasteiger partial charge in [-0.2, -0.15) is 0 Å². The molecule has 0 aromatic carbocycles. The summed E-state index contributed by atoms with van der Waals surface area (Å²) in [6, 6.07) is 8.02. The minimum atomic E-state index is -0.880. The fourth-order valence-electron chi connectivity index (χ4n) is 3.91. The second kappa shape index (κ2) is 6.59. The van der Waals surface area contributed by atoms with Crippen LogP contribution < -0.4 is 0 Å². The average molecular weight is 333 g/mol. The predicted octanol–water partition coefficient (Wildman–Crippen LogP) is 2.18. The van der Waals surface area contributed by atoms with E-state index in [1.54, 1.807) is 12.4 Å². The zero-order valence-corrected chi connectivity index (χ0v) is 14.6. The SMILES string of the molecule is Cc1ccc(C#CC2(O)CN3CCC2CC3)c(Cc2ccncc2)n1. The van der Waals surface area contributed by atoms with Crippen molar-refractivity contribution in [2.24, 2.45) is 5.92 Å². The summed E-state index contributed by atoms with van der Waals surface area (Å²) in [5.74, 6) is 6.75. The second-order valence-corrected chi connectivity index (χ2v) is 7.20. The summed E-state index contributed by atoms with van der Waals surface area (Å²) >= 11 is 0. The van der Waals surface area contributed by atoms with E-state index in [2.05, 4.69) is 26.7 Å². The van der Waals surface area contributed by atoms with Crippen molar-refractivity contribution in [2.75, 3.05) is 19.6 Å². The van der Waals surface area contributed by atoms with Crippen molar-refractivity contribution >= 4 is 0 Å². The number of fused-ring (bicyclic) bond motifs is 3. The van der Waals surface area contributed by atoms with Gasteiger partial charge in [-0.05, 0) is 62.7 Å². The Bertz CT molecular complexity index is 816. The fraction of sp³-hybridized carbons (Fsp3) is 0.429. The Morgan fingerprint density at radius 2 is 1.96 bits per heavy atom. The number of pyridine rings is 2. The quantitative estimate of drug-likeness (QED) is 0.856. The molecular formula is C21H23N3O. The molecule has 25 heavy (non-hydrogen) atoms. The molecule has 0 radical (unpaired) electrons. The predicted molar refractivity (Wildman–Crippen MR) is 97.0 cm³/mol. The van der Waals surface area contributed by atoms with E-state index in [9.17, 15) is 5.11 Å². The zero-order chi connectivity index (χ0) is 17.3. The van der Waals surface area contributed by atoms with Crippen LogP contribution in [0.4, 0.5) is 0 Å². The first-order chi connectivity index (χ1) is 12.1. The molecule has 4 nitrogen and oxygen atoms in total. The highest BCUT2D eigenvalue weighted by Crippen LogP contribution is 2.35. The Hall–Kier alpha value is -2.22. The maximum absolute atomic E-state index is 11.0. The van der Waals surface area contributed by atoms with Gasteiger partial charge in [-0.15, -0.1) is 0 Å². The number of aryl methyl sites for hydroxylation is 1. The monoisotopic (exact) mass is 333 g/mol. The Labute approximate surface area is 148 Å². The van der Waals surface area contributed by atoms with Gasteiger partial charge in [0.2, 0.25) is 0 Å². The fourth-order valence-corrected chi connectivity index (χ4v) is 3.91. The van der Waals surface area contributed by atoms with Crippen molar-refractivity contribution in [3.05, 3.63) is 59.2 Å². The third kappa shape index (κ3) is 3.44. The first-order valence-corrected chi connectivity index (χ1v) is 8.96. The highest BCUT2D eigenvalue weighted by molar-refractivity contribution is 5.42. The summed E-state index contributed by atoms with van der Waals surface area (Å²) in [6.07, 6.45) is 6.41. The van der Waals surface area contributed by atoms with Gasteiger partial charge in [0, 0.05) is 42.5 Å². The zero-order valence-electron chi connectivity index (χ0n) is 14.6. The first kappa shape index (κ1) is 16.3. The molecule has 1 N–H and O–H groups in total. The molecule has 4 heteroatoms. The lowest BCUT2D eigenvalue weighted by molar-refractivity contribution is -0.0713. The molecule has 3 saturated heterocycles. The van der Waals surface area contributed by atoms with Gasteiger partial charge in [-0.3, -0.25) is 14.9 Å². The summed E-state index contributed by atoms with van der Waals surface area (Å²) in [5, 5.41) is 11.0. The molecule has 5 rings (SSSR count). The third-order valence-electron chi connectivity index (χ3n) is 5.38. The topological polar surface area (TPSA) is 49.2 Å². The van der Waals surface area contributed by atoms with Crippen molar-refractivity contribution in [1.82, 2.24) is 14.9 Å². The van der Waals surface area contributed by atoms with Gasteiger partial charge in [0.1, 0.15) is 5.60 Å². The Balaban J connectivity index is 1.63. The normalized spacial score (nSPS) is 27.6. The number of hydrogen-bond acceptors (Lipinski definition) is 4. The molecule has 2 bridgehead atoms. The van der Waals surface area contributed by atoms with E-state index in [4.69, 9.17) is 0 Å². The van der Waals surface area contributed by atoms with Gasteiger partial charge >= 0.3 is 0 Å². The number of aromatic nitrogens is 2. The van der Waals surface area contributed by atoms with Crippen LogP contribution in [0.1, 0.15) is 35.4 Å². The molecule has 5 heterocycles. The summed E-state index contributed by atoms with van der Waals surface area (Å²) in [5.41, 5.74) is 3.14. The van der Waals surface area contributed by atoms with Crippen molar-refractivity contribution in [3.8, 4) is 11.8 Å². The van der Waals surface area contributed by atoms with Crippen LogP contribution >= 0.6 is 0 Å². The van der Waals surface area contributed by atoms with Gasteiger partial charge in [-0.25, -0.2) is 0 Å². The molecule has 3 aliphatic rings. The van der Waals surface area contributed by atoms with Crippen LogP contribution in [0.25, 0.3) is 0 Å². The first-order valence-electron chi connectivity index (χ1n) is 8.96. The molecule has 0 aliphatic carbocycles. The maximum Gasteiger partial charge on any atom is 0.141 e. The molecule has 0 saturated carbocycles. The Kier molecular flexibility index (Phi) is 4.29. The smallest absolute Gasteiger partial charge is 0.141 e. The maximum atomic E-state index is 11.0. The largest absolute Gasteiger partial charge is 0.376 e. The molecule has 0 spiro atoms. The lowest BCUT2D eigenvalue weighted by Crippen LogP contribution is -2.58. The van der Waals surface area contributed by atoms with E-state index in [1.807, 2.05) is 31.2 Å². The minimum Gasteiger partial charge on any atom is -0.376 e. The molecule has 2 aromatic rings. The molecule has 128 valence electrons. The highest BCUT2D eigenvalue weighted by Gasteiger charge is 2.44. The minimum absolute atomic E-state index is 0.298. The number of nitrogens with zero attached hydrogens (tertiary/aromatic N) is 3. The average Bonchev–Trinajstić information content (AvgIpc) is 2.63. The summed E-state index contributed by atoms with van der Waals surface area (Å²) in [7, 11) is 0. The highest BCUT2D eigenvalue weighted by atomic mass is 16.3. The van der Waals surface area contributed by atoms with Crippen LogP contribution in [-0.2, 0) is 6.42 Å². The van der Waals surface area contributed by atoms with Crippen LogP contribution in [0.15, 0.2) is 36.7 Å². The van der Waals surface area contributed by atoms with Crippen molar-refractivity contribution in [1.29, 1.82) is 0 Å². The summed E-state index contributed by atoms with van der Waals surface area (Å²) in [4.78, 5) is 11.1. The second-order valence-electron chi connectivity index (χ2n) is 7.20. The Morgan fingerprint density at radius 1 is 1.20 bits per heavy atom. The van der Waals surface area contributed by atoms with Crippen molar-refractivity contribution in [2.45, 2.75) is 31.8 Å². The van der Waals surface area contributed by atoms with Gasteiger partial charge in [0.25, 0.3) is 0 Å². The number of hydrogen-bond donors (Lipinski definition) is 1. The van der Waals surface area contributed by atoms with Gasteiger partial charge < -0.3 is 5.11 Å². The van der Waals surface area contributed by atoms with E-state index < -0.39 is 5.60 Å². The van der Waals surface area contributed by atoms with Crippen LogP contribution in [0.3, 0.4) is 0 Å². The molecule has 1 atom stereocenters. The molecular weight excluding hydrogens is 310 g/mol. The molecule has 1 unspecified atom stereocenters. The third-order valence-corrected chi connectivity index (χ3v) is 5.38. The standard InChI is InChI=1S/C21H23N3O/c1-16-2-3-18(20(23-16)14-17-5-10-22-11-6-17)4-9-21(25)15-24-12-7-19(21)8-13-24/h2-3,5-6,10-11,19,25H,7-8,12-15H2,1H3. The van der Waals surface area contributed by atoms with Crippen LogP contribution in [0, 0.1) is 24.7 Å². The number of rotatable bonds is 2. The van der Waals surface area contributed by atoms with Crippen LogP contribution in [0.2, 0.25) is 0 Å². The molecule has 0 amide bonds. The summed E-state index contributed by atoms with van der Waals surface area (Å²) in [6.45, 7) is 4.85. The van der Waals surface area contributed by atoms with Gasteiger partial charge in [-0.1, -0.05) is 11.8 Å². The number of piperidine rings is 3. The van der Waals surface area contributed by atoms with E-state index in [0.29, 0.717) is 12.5 Å². The lowest BCUT2D eigenvalue weighted by Gasteiger charge is -2.47. The lowest BCUT2D eigenvalue weighted by atomic mass is 9.75. The van der Waals surface area contributed by atoms with Gasteiger partial charge in [0.05, 0.1) is 5.69 Å². The summed E-state index contributed by atoms with van der Waals surface area (Å²) < 4.78 is 0. The van der Waals surface area contributed by atoms with E-state index in [-0.39, 0.29) is 0 Å². The van der Waals surface area contributed by atoms with E-state index in [0.717, 1.165) is 54.9 Å². The number of aliphatic hydroxyl groups is 1. The van der Waals surface area contributed by atoms with Gasteiger partial charge in [0.15, 0.2) is 0 Å². The van der Waals surface area contributed by atoms with Crippen molar-refractivity contribution < 1.29 is 5.11 Å². The van der Waals surface area contributed by atoms with Crippen LogP contribution in [0.5, 0.6) is 0 Å². The Morgan fingerprint density at radius 3 is 2.64 bits per heavy atom. The molecule has 3 aliphatic heterocycles. The molecule has 2 aromatic heterocycles.